The maximum Gasteiger partial charge on any atom is 0.338 e. The molecule has 2 aromatic carbocycles. The summed E-state index contributed by atoms with van der Waals surface area (Å²) in [6.07, 6.45) is 0.0798. The van der Waals surface area contributed by atoms with E-state index in [2.05, 4.69) is 0 Å². The Balaban J connectivity index is 1.68. The van der Waals surface area contributed by atoms with E-state index in [1.165, 1.54) is 29.2 Å². The van der Waals surface area contributed by atoms with Crippen molar-refractivity contribution in [3.05, 3.63) is 58.1 Å². The molecule has 0 saturated carbocycles. The molecule has 0 N–H and O–H groups in total. The van der Waals surface area contributed by atoms with Gasteiger partial charge in [-0.3, -0.25) is 14.9 Å². The fourth-order valence-corrected chi connectivity index (χ4v) is 2.77. The molecule has 0 radical (unpaired) electrons. The minimum Gasteiger partial charge on any atom is -0.486 e. The largest absolute Gasteiger partial charge is 0.486 e. The van der Waals surface area contributed by atoms with Crippen molar-refractivity contribution in [2.75, 3.05) is 31.3 Å². The Hall–Kier alpha value is -4.13. The quantitative estimate of drug-likeness (QED) is 0.386. The van der Waals surface area contributed by atoms with Gasteiger partial charge in [-0.05, 0) is 24.3 Å². The number of esters is 1. The van der Waals surface area contributed by atoms with Gasteiger partial charge in [0.1, 0.15) is 13.2 Å². The molecule has 30 heavy (non-hydrogen) atoms. The summed E-state index contributed by atoms with van der Waals surface area (Å²) in [5.41, 5.74) is 0.395. The van der Waals surface area contributed by atoms with E-state index < -0.39 is 23.4 Å². The summed E-state index contributed by atoms with van der Waals surface area (Å²) in [7, 11) is 0. The van der Waals surface area contributed by atoms with Crippen LogP contribution in [0.1, 0.15) is 16.8 Å². The molecule has 0 spiro atoms. The predicted molar refractivity (Wildman–Crippen MR) is 103 cm³/mol. The number of nitriles is 1. The van der Waals surface area contributed by atoms with Crippen molar-refractivity contribution in [2.24, 2.45) is 0 Å². The highest BCUT2D eigenvalue weighted by molar-refractivity contribution is 5.97. The summed E-state index contributed by atoms with van der Waals surface area (Å²) in [6.45, 7) is 0.358. The SMILES string of the molecule is N#CCCN(C(=O)COC(=O)c1ccc([N+](=O)[O-])cc1)c1ccc2c(c1)OCCO2. The molecule has 0 unspecified atom stereocenters. The molecule has 2 aromatic rings. The molecule has 10 heteroatoms. The number of nitro groups is 1. The van der Waals surface area contributed by atoms with Crippen molar-refractivity contribution < 1.29 is 28.7 Å². The minimum absolute atomic E-state index is 0.0798. The predicted octanol–water partition coefficient (Wildman–Crippen LogP) is 2.47. The number of hydrogen-bond donors (Lipinski definition) is 0. The first-order valence-corrected chi connectivity index (χ1v) is 8.98. The van der Waals surface area contributed by atoms with E-state index in [0.717, 1.165) is 0 Å². The Kier molecular flexibility index (Phi) is 6.44. The molecule has 1 aliphatic heterocycles. The second-order valence-electron chi connectivity index (χ2n) is 6.16. The van der Waals surface area contributed by atoms with Crippen molar-refractivity contribution >= 4 is 23.3 Å². The lowest BCUT2D eigenvalue weighted by Gasteiger charge is -2.24. The Morgan fingerprint density at radius 1 is 1.13 bits per heavy atom. The standard InChI is InChI=1S/C20H17N3O7/c21-8-1-9-22(16-6-7-17-18(12-16)29-11-10-28-17)19(24)13-30-20(25)14-2-4-15(5-3-14)23(26)27/h2-7,12H,1,9-11,13H2. The van der Waals surface area contributed by atoms with Crippen molar-refractivity contribution in [1.82, 2.24) is 0 Å². The van der Waals surface area contributed by atoms with E-state index in [1.54, 1.807) is 18.2 Å². The Labute approximate surface area is 171 Å². The van der Waals surface area contributed by atoms with Crippen molar-refractivity contribution in [2.45, 2.75) is 6.42 Å². The van der Waals surface area contributed by atoms with E-state index in [0.29, 0.717) is 30.4 Å². The van der Waals surface area contributed by atoms with Gasteiger partial charge in [0.25, 0.3) is 11.6 Å². The highest BCUT2D eigenvalue weighted by atomic mass is 16.6. The Morgan fingerprint density at radius 2 is 1.83 bits per heavy atom. The molecule has 0 atom stereocenters. The number of ether oxygens (including phenoxy) is 3. The lowest BCUT2D eigenvalue weighted by molar-refractivity contribution is -0.384. The van der Waals surface area contributed by atoms with Gasteiger partial charge < -0.3 is 19.1 Å². The Morgan fingerprint density at radius 3 is 2.50 bits per heavy atom. The van der Waals surface area contributed by atoms with Crippen LogP contribution in [0.2, 0.25) is 0 Å². The summed E-state index contributed by atoms with van der Waals surface area (Å²) in [5.74, 6) is -0.281. The third kappa shape index (κ3) is 4.82. The summed E-state index contributed by atoms with van der Waals surface area (Å²) >= 11 is 0. The second-order valence-corrected chi connectivity index (χ2v) is 6.16. The van der Waals surface area contributed by atoms with Crippen molar-refractivity contribution in [1.29, 1.82) is 5.26 Å². The average molecular weight is 411 g/mol. The number of benzene rings is 2. The second kappa shape index (κ2) is 9.38. The Bertz CT molecular complexity index is 998. The zero-order chi connectivity index (χ0) is 21.5. The highest BCUT2D eigenvalue weighted by Crippen LogP contribution is 2.34. The van der Waals surface area contributed by atoms with Crippen LogP contribution in [0, 0.1) is 21.4 Å². The summed E-state index contributed by atoms with van der Waals surface area (Å²) < 4.78 is 16.0. The van der Waals surface area contributed by atoms with Gasteiger partial charge in [-0.1, -0.05) is 0 Å². The van der Waals surface area contributed by atoms with Crippen LogP contribution in [0.4, 0.5) is 11.4 Å². The number of amides is 1. The molecule has 3 rings (SSSR count). The van der Waals surface area contributed by atoms with Gasteiger partial charge in [0.05, 0.1) is 23.0 Å². The first kappa shape index (κ1) is 20.6. The van der Waals surface area contributed by atoms with Gasteiger partial charge in [-0.25, -0.2) is 4.79 Å². The average Bonchev–Trinajstić information content (AvgIpc) is 2.77. The molecule has 0 aliphatic carbocycles. The third-order valence-electron chi connectivity index (χ3n) is 4.23. The van der Waals surface area contributed by atoms with Crippen LogP contribution in [0.25, 0.3) is 0 Å². The number of anilines is 1. The lowest BCUT2D eigenvalue weighted by atomic mass is 10.2. The molecule has 0 aromatic heterocycles. The highest BCUT2D eigenvalue weighted by Gasteiger charge is 2.21. The minimum atomic E-state index is -0.791. The molecular weight excluding hydrogens is 394 g/mol. The first-order valence-electron chi connectivity index (χ1n) is 8.98. The summed E-state index contributed by atoms with van der Waals surface area (Å²) in [5, 5.41) is 19.6. The molecule has 1 amide bonds. The number of nitrogens with zero attached hydrogens (tertiary/aromatic N) is 3. The van der Waals surface area contributed by atoms with Gasteiger partial charge in [-0.15, -0.1) is 0 Å². The molecule has 0 saturated heterocycles. The van der Waals surface area contributed by atoms with Crippen LogP contribution >= 0.6 is 0 Å². The van der Waals surface area contributed by atoms with Crippen molar-refractivity contribution in [3.63, 3.8) is 0 Å². The summed E-state index contributed by atoms with van der Waals surface area (Å²) in [6, 6.07) is 11.8. The summed E-state index contributed by atoms with van der Waals surface area (Å²) in [4.78, 5) is 36.2. The topological polar surface area (TPSA) is 132 Å². The van der Waals surface area contributed by atoms with E-state index in [9.17, 15) is 19.7 Å². The van der Waals surface area contributed by atoms with Gasteiger partial charge in [0.2, 0.25) is 0 Å². The first-order chi connectivity index (χ1) is 14.5. The maximum atomic E-state index is 12.7. The van der Waals surface area contributed by atoms with Gasteiger partial charge in [-0.2, -0.15) is 5.26 Å². The van der Waals surface area contributed by atoms with E-state index in [-0.39, 0.29) is 24.2 Å². The maximum absolute atomic E-state index is 12.7. The molecule has 1 heterocycles. The lowest BCUT2D eigenvalue weighted by Crippen LogP contribution is -2.35. The van der Waals surface area contributed by atoms with Gasteiger partial charge >= 0.3 is 5.97 Å². The molecule has 154 valence electrons. The van der Waals surface area contributed by atoms with Crippen LogP contribution in [0.3, 0.4) is 0 Å². The van der Waals surface area contributed by atoms with E-state index in [1.807, 2.05) is 6.07 Å². The third-order valence-corrected chi connectivity index (χ3v) is 4.23. The molecule has 10 nitrogen and oxygen atoms in total. The van der Waals surface area contributed by atoms with E-state index >= 15 is 0 Å². The smallest absolute Gasteiger partial charge is 0.338 e. The van der Waals surface area contributed by atoms with Crippen molar-refractivity contribution in [3.8, 4) is 17.6 Å². The van der Waals surface area contributed by atoms with Crippen LogP contribution in [-0.2, 0) is 9.53 Å². The number of carbonyl (C=O) groups is 2. The monoisotopic (exact) mass is 411 g/mol. The zero-order valence-electron chi connectivity index (χ0n) is 15.8. The molecule has 0 fully saturated rings. The van der Waals surface area contributed by atoms with E-state index in [4.69, 9.17) is 19.5 Å². The number of fused-ring (bicyclic) bond motifs is 1. The number of nitro benzene ring substituents is 1. The normalized spacial score (nSPS) is 11.8. The van der Waals surface area contributed by atoms with Gasteiger partial charge in [0, 0.05) is 30.4 Å². The fraction of sp³-hybridized carbons (Fsp3) is 0.250. The zero-order valence-corrected chi connectivity index (χ0v) is 15.8. The van der Waals surface area contributed by atoms with Gasteiger partial charge in [0.15, 0.2) is 18.1 Å². The molecular formula is C20H17N3O7. The van der Waals surface area contributed by atoms with Crippen LogP contribution < -0.4 is 14.4 Å². The number of carbonyl (C=O) groups excluding carboxylic acids is 2. The van der Waals surface area contributed by atoms with Crippen LogP contribution in [-0.4, -0.2) is 43.2 Å². The van der Waals surface area contributed by atoms with Crippen LogP contribution in [0.15, 0.2) is 42.5 Å². The fourth-order valence-electron chi connectivity index (χ4n) is 2.77. The van der Waals surface area contributed by atoms with Crippen LogP contribution in [0.5, 0.6) is 11.5 Å². The molecule has 1 aliphatic rings. The number of hydrogen-bond acceptors (Lipinski definition) is 8. The number of non-ortho nitro benzene ring substituents is 1. The molecule has 0 bridgehead atoms. The number of rotatable bonds is 7.